The van der Waals surface area contributed by atoms with Gasteiger partial charge in [0.2, 0.25) is 0 Å². The lowest BCUT2D eigenvalue weighted by Gasteiger charge is -2.17. The van der Waals surface area contributed by atoms with E-state index in [-0.39, 0.29) is 17.5 Å². The molecule has 0 spiro atoms. The topological polar surface area (TPSA) is 102 Å². The van der Waals surface area contributed by atoms with Crippen LogP contribution in [0.1, 0.15) is 19.3 Å². The van der Waals surface area contributed by atoms with E-state index in [2.05, 4.69) is 5.32 Å². The van der Waals surface area contributed by atoms with E-state index < -0.39 is 10.9 Å². The monoisotopic (exact) mass is 294 g/mol. The number of anilines is 1. The average Bonchev–Trinajstić information content (AvgIpc) is 2.93. The molecule has 0 aromatic heterocycles. The second-order valence-corrected chi connectivity index (χ2v) is 5.16. The predicted octanol–water partition coefficient (Wildman–Crippen LogP) is 2.52. The second-order valence-electron chi connectivity index (χ2n) is 5.16. The van der Waals surface area contributed by atoms with Gasteiger partial charge in [-0.15, -0.1) is 0 Å². The third kappa shape index (κ3) is 3.42. The predicted molar refractivity (Wildman–Crippen MR) is 76.6 cm³/mol. The Morgan fingerprint density at radius 2 is 2.29 bits per heavy atom. The number of nitro benzene ring substituents is 1. The lowest BCUT2D eigenvalue weighted by Crippen LogP contribution is -2.24. The van der Waals surface area contributed by atoms with Crippen molar-refractivity contribution in [3.05, 3.63) is 28.3 Å². The number of aliphatic carboxylic acids is 1. The van der Waals surface area contributed by atoms with E-state index >= 15 is 0 Å². The Morgan fingerprint density at radius 1 is 1.52 bits per heavy atom. The summed E-state index contributed by atoms with van der Waals surface area (Å²) in [5, 5.41) is 23.2. The summed E-state index contributed by atoms with van der Waals surface area (Å²) in [6.07, 6.45) is 2.38. The van der Waals surface area contributed by atoms with Gasteiger partial charge in [-0.05, 0) is 30.9 Å². The van der Waals surface area contributed by atoms with Crippen LogP contribution in [0.25, 0.3) is 0 Å². The fourth-order valence-corrected chi connectivity index (χ4v) is 2.79. The molecule has 0 radical (unpaired) electrons. The number of hydrogen-bond donors (Lipinski definition) is 2. The Balaban J connectivity index is 2.09. The molecule has 7 nitrogen and oxygen atoms in total. The van der Waals surface area contributed by atoms with Crippen LogP contribution in [-0.2, 0) is 4.79 Å². The maximum atomic E-state index is 11.1. The van der Waals surface area contributed by atoms with Gasteiger partial charge in [0, 0.05) is 6.54 Å². The van der Waals surface area contributed by atoms with Crippen LogP contribution in [0.2, 0.25) is 0 Å². The lowest BCUT2D eigenvalue weighted by molar-refractivity contribution is -0.384. The first-order valence-electron chi connectivity index (χ1n) is 6.82. The molecule has 7 heteroatoms. The van der Waals surface area contributed by atoms with Gasteiger partial charge in [-0.1, -0.05) is 6.42 Å². The van der Waals surface area contributed by atoms with Crippen molar-refractivity contribution in [2.24, 2.45) is 11.8 Å². The number of nitrogens with one attached hydrogen (secondary N) is 1. The molecule has 1 aromatic rings. The summed E-state index contributed by atoms with van der Waals surface area (Å²) >= 11 is 0. The maximum Gasteiger partial charge on any atom is 0.306 e. The fourth-order valence-electron chi connectivity index (χ4n) is 2.79. The molecule has 1 aliphatic carbocycles. The number of carboxylic acid groups (broad SMARTS) is 1. The molecule has 0 amide bonds. The summed E-state index contributed by atoms with van der Waals surface area (Å²) in [7, 11) is 1.45. The molecule has 2 atom stereocenters. The number of carbonyl (C=O) groups is 1. The van der Waals surface area contributed by atoms with E-state index in [0.717, 1.165) is 12.8 Å². The molecule has 1 aromatic carbocycles. The molecule has 21 heavy (non-hydrogen) atoms. The molecule has 2 N–H and O–H groups in total. The fraction of sp³-hybridized carbons (Fsp3) is 0.500. The number of carboxylic acids is 1. The number of nitro groups is 1. The first-order valence-corrected chi connectivity index (χ1v) is 6.82. The SMILES string of the molecule is COc1ccc(NCC2CCCC2C(=O)O)c([N+](=O)[O-])c1. The molecule has 1 aliphatic rings. The van der Waals surface area contributed by atoms with Gasteiger partial charge in [-0.25, -0.2) is 0 Å². The number of methoxy groups -OCH3 is 1. The normalized spacial score (nSPS) is 21.0. The van der Waals surface area contributed by atoms with Crippen molar-refractivity contribution in [3.63, 3.8) is 0 Å². The molecular weight excluding hydrogens is 276 g/mol. The first kappa shape index (κ1) is 15.1. The Kier molecular flexibility index (Phi) is 4.62. The van der Waals surface area contributed by atoms with E-state index in [9.17, 15) is 14.9 Å². The number of nitrogens with zero attached hydrogens (tertiary/aromatic N) is 1. The molecule has 1 fully saturated rings. The van der Waals surface area contributed by atoms with Gasteiger partial charge in [-0.2, -0.15) is 0 Å². The highest BCUT2D eigenvalue weighted by molar-refractivity contribution is 5.71. The number of benzene rings is 1. The molecular formula is C14H18N2O5. The van der Waals surface area contributed by atoms with E-state index in [0.29, 0.717) is 24.4 Å². The van der Waals surface area contributed by atoms with Gasteiger partial charge in [0.05, 0.1) is 24.0 Å². The molecule has 1 saturated carbocycles. The van der Waals surface area contributed by atoms with Crippen LogP contribution in [-0.4, -0.2) is 29.7 Å². The van der Waals surface area contributed by atoms with Crippen molar-refractivity contribution in [2.75, 3.05) is 19.0 Å². The number of hydrogen-bond acceptors (Lipinski definition) is 5. The van der Waals surface area contributed by atoms with Crippen LogP contribution in [0.5, 0.6) is 5.75 Å². The Morgan fingerprint density at radius 3 is 2.90 bits per heavy atom. The Hall–Kier alpha value is -2.31. The van der Waals surface area contributed by atoms with Crippen molar-refractivity contribution in [1.29, 1.82) is 0 Å². The molecule has 114 valence electrons. The highest BCUT2D eigenvalue weighted by atomic mass is 16.6. The van der Waals surface area contributed by atoms with Gasteiger partial charge in [0.25, 0.3) is 5.69 Å². The summed E-state index contributed by atoms with van der Waals surface area (Å²) < 4.78 is 4.98. The Bertz CT molecular complexity index is 546. The second kappa shape index (κ2) is 6.43. The Labute approximate surface area is 122 Å². The average molecular weight is 294 g/mol. The largest absolute Gasteiger partial charge is 0.496 e. The van der Waals surface area contributed by atoms with Crippen LogP contribution in [0, 0.1) is 22.0 Å². The minimum Gasteiger partial charge on any atom is -0.496 e. The quantitative estimate of drug-likeness (QED) is 0.617. The van der Waals surface area contributed by atoms with Crippen LogP contribution in [0.3, 0.4) is 0 Å². The lowest BCUT2D eigenvalue weighted by atomic mass is 9.96. The zero-order chi connectivity index (χ0) is 15.4. The van der Waals surface area contributed by atoms with E-state index in [1.54, 1.807) is 12.1 Å². The van der Waals surface area contributed by atoms with E-state index in [4.69, 9.17) is 9.84 Å². The summed E-state index contributed by atoms with van der Waals surface area (Å²) in [6.45, 7) is 0.421. The molecule has 0 saturated heterocycles. The van der Waals surface area contributed by atoms with Crippen LogP contribution in [0.4, 0.5) is 11.4 Å². The van der Waals surface area contributed by atoms with Crippen LogP contribution in [0.15, 0.2) is 18.2 Å². The first-order chi connectivity index (χ1) is 10.0. The summed E-state index contributed by atoms with van der Waals surface area (Å²) in [5.41, 5.74) is 0.316. The van der Waals surface area contributed by atoms with Gasteiger partial charge < -0.3 is 15.2 Å². The zero-order valence-electron chi connectivity index (χ0n) is 11.7. The summed E-state index contributed by atoms with van der Waals surface area (Å²) in [6, 6.07) is 4.58. The van der Waals surface area contributed by atoms with Gasteiger partial charge in [0.1, 0.15) is 11.4 Å². The molecule has 0 aliphatic heterocycles. The van der Waals surface area contributed by atoms with Crippen LogP contribution >= 0.6 is 0 Å². The summed E-state index contributed by atoms with van der Waals surface area (Å²) in [4.78, 5) is 21.7. The standard InChI is InChI=1S/C14H18N2O5/c1-21-10-5-6-12(13(7-10)16(19)20)15-8-9-3-2-4-11(9)14(17)18/h5-7,9,11,15H,2-4,8H2,1H3,(H,17,18). The molecule has 2 rings (SSSR count). The van der Waals surface area contributed by atoms with Crippen LogP contribution < -0.4 is 10.1 Å². The van der Waals surface area contributed by atoms with E-state index in [1.165, 1.54) is 13.2 Å². The van der Waals surface area contributed by atoms with Crippen molar-refractivity contribution < 1.29 is 19.6 Å². The third-order valence-corrected chi connectivity index (χ3v) is 3.93. The van der Waals surface area contributed by atoms with Crippen molar-refractivity contribution >= 4 is 17.3 Å². The minimum absolute atomic E-state index is 0.00389. The van der Waals surface area contributed by atoms with Crippen molar-refractivity contribution in [2.45, 2.75) is 19.3 Å². The van der Waals surface area contributed by atoms with Crippen molar-refractivity contribution in [1.82, 2.24) is 0 Å². The van der Waals surface area contributed by atoms with E-state index in [1.807, 2.05) is 0 Å². The number of rotatable bonds is 6. The third-order valence-electron chi connectivity index (χ3n) is 3.93. The molecule has 0 bridgehead atoms. The van der Waals surface area contributed by atoms with Gasteiger partial charge >= 0.3 is 5.97 Å². The minimum atomic E-state index is -0.788. The van der Waals surface area contributed by atoms with Gasteiger partial charge in [-0.3, -0.25) is 14.9 Å². The maximum absolute atomic E-state index is 11.1. The summed E-state index contributed by atoms with van der Waals surface area (Å²) in [5.74, 6) is -0.737. The highest BCUT2D eigenvalue weighted by Gasteiger charge is 2.32. The highest BCUT2D eigenvalue weighted by Crippen LogP contribution is 2.34. The molecule has 0 heterocycles. The molecule has 2 unspecified atom stereocenters. The van der Waals surface area contributed by atoms with Crippen molar-refractivity contribution in [3.8, 4) is 5.75 Å². The smallest absolute Gasteiger partial charge is 0.306 e. The zero-order valence-corrected chi connectivity index (χ0v) is 11.7. The number of ether oxygens (including phenoxy) is 1. The van der Waals surface area contributed by atoms with Gasteiger partial charge in [0.15, 0.2) is 0 Å².